The molecule has 0 aliphatic carbocycles. The van der Waals surface area contributed by atoms with Crippen molar-refractivity contribution in [1.82, 2.24) is 14.8 Å². The Balaban J connectivity index is 2.04. The molecule has 2 atom stereocenters. The fourth-order valence-corrected chi connectivity index (χ4v) is 4.37. The normalized spacial score (nSPS) is 17.9. The minimum absolute atomic E-state index is 0.0710. The first kappa shape index (κ1) is 22.6. The van der Waals surface area contributed by atoms with Crippen molar-refractivity contribution in [2.24, 2.45) is 0 Å². The zero-order chi connectivity index (χ0) is 23.2. The highest BCUT2D eigenvalue weighted by molar-refractivity contribution is 9.10. The second-order valence-electron chi connectivity index (χ2n) is 6.88. The molecule has 4 rings (SSSR count). The maximum atomic E-state index is 13.8. The standard InChI is InChI=1S/C20H14BrClF3N3O4/c1-31-17-10(3-2-4-12(17)21)16-11-7-9(22)5-6-13(11)28-18(14(32-16)8-15(29)30)26-27-19(28)20(23,24)25/h2-7,14,16H,8H2,1H3,(H,29,30)/t14-,16-/m1/s1. The smallest absolute Gasteiger partial charge is 0.452 e. The van der Waals surface area contributed by atoms with Crippen LogP contribution in [0.25, 0.3) is 5.69 Å². The van der Waals surface area contributed by atoms with Crippen LogP contribution >= 0.6 is 27.5 Å². The number of carbonyl (C=O) groups is 1. The predicted octanol–water partition coefficient (Wildman–Crippen LogP) is 5.35. The van der Waals surface area contributed by atoms with E-state index >= 15 is 0 Å². The van der Waals surface area contributed by atoms with Gasteiger partial charge in [0.15, 0.2) is 5.82 Å². The van der Waals surface area contributed by atoms with E-state index in [1.54, 1.807) is 18.2 Å². The number of nitrogens with zero attached hydrogens (tertiary/aromatic N) is 3. The number of carboxylic acid groups (broad SMARTS) is 1. The zero-order valence-corrected chi connectivity index (χ0v) is 18.6. The van der Waals surface area contributed by atoms with Gasteiger partial charge in [0.1, 0.15) is 18.0 Å². The van der Waals surface area contributed by atoms with E-state index in [1.807, 2.05) is 0 Å². The molecule has 3 aromatic rings. The van der Waals surface area contributed by atoms with Gasteiger partial charge in [-0.1, -0.05) is 23.7 Å². The van der Waals surface area contributed by atoms with Gasteiger partial charge in [-0.2, -0.15) is 13.2 Å². The highest BCUT2D eigenvalue weighted by atomic mass is 79.9. The Hall–Kier alpha value is -2.63. The number of alkyl halides is 3. The third-order valence-electron chi connectivity index (χ3n) is 4.89. The van der Waals surface area contributed by atoms with Crippen molar-refractivity contribution in [3.05, 3.63) is 68.7 Å². The first-order valence-electron chi connectivity index (χ1n) is 9.13. The predicted molar refractivity (Wildman–Crippen MR) is 110 cm³/mol. The van der Waals surface area contributed by atoms with Crippen molar-refractivity contribution in [2.75, 3.05) is 7.11 Å². The zero-order valence-electron chi connectivity index (χ0n) is 16.2. The van der Waals surface area contributed by atoms with Gasteiger partial charge in [-0.15, -0.1) is 10.2 Å². The number of fused-ring (bicyclic) bond motifs is 3. The van der Waals surface area contributed by atoms with Gasteiger partial charge in [0.25, 0.3) is 0 Å². The van der Waals surface area contributed by atoms with Crippen molar-refractivity contribution < 1.29 is 32.5 Å². The molecule has 32 heavy (non-hydrogen) atoms. The van der Waals surface area contributed by atoms with Crippen LogP contribution in [0.5, 0.6) is 5.75 Å². The Bertz CT molecular complexity index is 1200. The van der Waals surface area contributed by atoms with E-state index in [2.05, 4.69) is 26.1 Å². The third-order valence-corrected chi connectivity index (χ3v) is 5.75. The first-order valence-corrected chi connectivity index (χ1v) is 10.3. The number of aliphatic carboxylic acids is 1. The van der Waals surface area contributed by atoms with Crippen molar-refractivity contribution in [1.29, 1.82) is 0 Å². The van der Waals surface area contributed by atoms with E-state index in [0.29, 0.717) is 15.8 Å². The van der Waals surface area contributed by atoms with Crippen LogP contribution in [0.4, 0.5) is 13.2 Å². The third kappa shape index (κ3) is 3.96. The van der Waals surface area contributed by atoms with E-state index in [4.69, 9.17) is 21.1 Å². The quantitative estimate of drug-likeness (QED) is 0.488. The topological polar surface area (TPSA) is 86.5 Å². The lowest BCUT2D eigenvalue weighted by atomic mass is 9.98. The molecule has 0 fully saturated rings. The summed E-state index contributed by atoms with van der Waals surface area (Å²) in [6, 6.07) is 9.39. The molecular weight excluding hydrogens is 519 g/mol. The molecule has 7 nitrogen and oxygen atoms in total. The van der Waals surface area contributed by atoms with Gasteiger partial charge in [-0.25, -0.2) is 0 Å². The van der Waals surface area contributed by atoms with Crippen LogP contribution in [0.1, 0.15) is 41.4 Å². The molecule has 0 bridgehead atoms. The van der Waals surface area contributed by atoms with Crippen molar-refractivity contribution in [3.8, 4) is 11.4 Å². The van der Waals surface area contributed by atoms with Crippen molar-refractivity contribution in [2.45, 2.75) is 24.8 Å². The Labute approximate surface area is 192 Å². The molecular formula is C20H14BrClF3N3O4. The molecule has 0 spiro atoms. The summed E-state index contributed by atoms with van der Waals surface area (Å²) >= 11 is 9.57. The summed E-state index contributed by atoms with van der Waals surface area (Å²) in [5, 5.41) is 16.6. The molecule has 1 aromatic heterocycles. The lowest BCUT2D eigenvalue weighted by molar-refractivity contribution is -0.146. The molecule has 0 saturated carbocycles. The summed E-state index contributed by atoms with van der Waals surface area (Å²) in [4.78, 5) is 11.5. The molecule has 2 aromatic carbocycles. The van der Waals surface area contributed by atoms with Crippen LogP contribution in [0.2, 0.25) is 5.02 Å². The minimum Gasteiger partial charge on any atom is -0.495 e. The SMILES string of the molecule is COc1c(Br)cccc1[C@H]1O[C@H](CC(=O)O)c2nnc(C(F)(F)F)n2-c2ccc(Cl)cc21. The highest BCUT2D eigenvalue weighted by Gasteiger charge is 2.43. The fourth-order valence-electron chi connectivity index (χ4n) is 3.65. The summed E-state index contributed by atoms with van der Waals surface area (Å²) in [6.45, 7) is 0. The Kier molecular flexibility index (Phi) is 5.91. The van der Waals surface area contributed by atoms with Gasteiger partial charge in [-0.3, -0.25) is 9.36 Å². The Morgan fingerprint density at radius 3 is 2.69 bits per heavy atom. The monoisotopic (exact) mass is 531 g/mol. The highest BCUT2D eigenvalue weighted by Crippen LogP contribution is 2.46. The average molecular weight is 533 g/mol. The molecule has 0 radical (unpaired) electrons. The molecule has 168 valence electrons. The Morgan fingerprint density at radius 2 is 2.03 bits per heavy atom. The average Bonchev–Trinajstić information content (AvgIpc) is 3.11. The van der Waals surface area contributed by atoms with E-state index in [-0.39, 0.29) is 22.1 Å². The number of benzene rings is 2. The van der Waals surface area contributed by atoms with E-state index in [0.717, 1.165) is 4.57 Å². The number of ether oxygens (including phenoxy) is 2. The van der Waals surface area contributed by atoms with Gasteiger partial charge in [0.05, 0.1) is 23.7 Å². The maximum absolute atomic E-state index is 13.8. The number of carboxylic acids is 1. The largest absolute Gasteiger partial charge is 0.495 e. The van der Waals surface area contributed by atoms with Crippen molar-refractivity contribution in [3.63, 3.8) is 0 Å². The molecule has 0 saturated heterocycles. The molecule has 2 heterocycles. The van der Waals surface area contributed by atoms with Gasteiger partial charge in [0, 0.05) is 16.1 Å². The number of hydrogen-bond acceptors (Lipinski definition) is 5. The number of halogens is 5. The van der Waals surface area contributed by atoms with Crippen LogP contribution in [0, 0.1) is 0 Å². The van der Waals surface area contributed by atoms with E-state index in [9.17, 15) is 23.1 Å². The summed E-state index contributed by atoms with van der Waals surface area (Å²) in [5.74, 6) is -2.47. The van der Waals surface area contributed by atoms with Crippen LogP contribution in [-0.4, -0.2) is 33.0 Å². The number of methoxy groups -OCH3 is 1. The summed E-state index contributed by atoms with van der Waals surface area (Å²) in [7, 11) is 1.44. The molecule has 0 amide bonds. The Morgan fingerprint density at radius 1 is 1.28 bits per heavy atom. The van der Waals surface area contributed by atoms with Crippen LogP contribution in [0.3, 0.4) is 0 Å². The van der Waals surface area contributed by atoms with Crippen LogP contribution < -0.4 is 4.74 Å². The molecule has 1 aliphatic heterocycles. The number of aromatic nitrogens is 3. The van der Waals surface area contributed by atoms with Crippen LogP contribution in [-0.2, 0) is 15.7 Å². The maximum Gasteiger partial charge on any atom is 0.452 e. The lowest BCUT2D eigenvalue weighted by Gasteiger charge is -2.24. The number of rotatable bonds is 4. The van der Waals surface area contributed by atoms with Crippen molar-refractivity contribution >= 4 is 33.5 Å². The van der Waals surface area contributed by atoms with Gasteiger partial charge >= 0.3 is 12.1 Å². The lowest BCUT2D eigenvalue weighted by Crippen LogP contribution is -2.17. The molecule has 0 unspecified atom stereocenters. The number of para-hydroxylation sites is 1. The molecule has 1 N–H and O–H groups in total. The fraction of sp³-hybridized carbons (Fsp3) is 0.250. The summed E-state index contributed by atoms with van der Waals surface area (Å²) in [5.41, 5.74) is 0.808. The summed E-state index contributed by atoms with van der Waals surface area (Å²) in [6.07, 6.45) is -7.83. The van der Waals surface area contributed by atoms with E-state index < -0.39 is 36.6 Å². The van der Waals surface area contributed by atoms with Gasteiger partial charge < -0.3 is 14.6 Å². The minimum atomic E-state index is -4.84. The second-order valence-corrected chi connectivity index (χ2v) is 8.17. The first-order chi connectivity index (χ1) is 15.1. The van der Waals surface area contributed by atoms with E-state index in [1.165, 1.54) is 25.3 Å². The summed E-state index contributed by atoms with van der Waals surface area (Å²) < 4.78 is 54.2. The van der Waals surface area contributed by atoms with Crippen LogP contribution in [0.15, 0.2) is 40.9 Å². The van der Waals surface area contributed by atoms with Gasteiger partial charge in [0.2, 0.25) is 5.82 Å². The second kappa shape index (κ2) is 8.38. The number of hydrogen-bond donors (Lipinski definition) is 1. The van der Waals surface area contributed by atoms with Gasteiger partial charge in [-0.05, 0) is 40.2 Å². The molecule has 12 heteroatoms. The molecule has 1 aliphatic rings.